The van der Waals surface area contributed by atoms with Crippen molar-refractivity contribution in [1.29, 1.82) is 0 Å². The highest BCUT2D eigenvalue weighted by molar-refractivity contribution is 6.06. The standard InChI is InChI=1S/C26H28N4O/c1-20-11-13-22(14-12-20)25(31)28-26(27-23-8-6-7-21(2)19-23)30-17-15-29(16-18-30)24-9-4-3-5-10-24/h3-14,19H,15-18H2,1-2H3,(H,27,28,31). The maximum absolute atomic E-state index is 12.9. The average Bonchev–Trinajstić information content (AvgIpc) is 2.80. The molecular weight excluding hydrogens is 384 g/mol. The number of hydrogen-bond acceptors (Lipinski definition) is 3. The van der Waals surface area contributed by atoms with Gasteiger partial charge in [0.1, 0.15) is 0 Å². The lowest BCUT2D eigenvalue weighted by molar-refractivity contribution is 0.0972. The summed E-state index contributed by atoms with van der Waals surface area (Å²) in [5.41, 5.74) is 4.96. The highest BCUT2D eigenvalue weighted by Gasteiger charge is 2.22. The van der Waals surface area contributed by atoms with E-state index in [1.54, 1.807) is 0 Å². The van der Waals surface area contributed by atoms with E-state index in [1.165, 1.54) is 5.69 Å². The number of benzene rings is 3. The van der Waals surface area contributed by atoms with Crippen LogP contribution in [0.1, 0.15) is 21.5 Å². The van der Waals surface area contributed by atoms with Crippen LogP contribution < -0.4 is 10.2 Å². The molecule has 0 atom stereocenters. The van der Waals surface area contributed by atoms with Crippen molar-refractivity contribution in [2.24, 2.45) is 4.99 Å². The number of carbonyl (C=O) groups is 1. The van der Waals surface area contributed by atoms with E-state index in [9.17, 15) is 4.79 Å². The average molecular weight is 413 g/mol. The first kappa shape index (κ1) is 20.7. The van der Waals surface area contributed by atoms with Gasteiger partial charge in [-0.1, -0.05) is 48.0 Å². The molecule has 1 aliphatic heterocycles. The molecule has 3 aromatic carbocycles. The van der Waals surface area contributed by atoms with Crippen LogP contribution in [0, 0.1) is 13.8 Å². The Morgan fingerprint density at radius 2 is 1.52 bits per heavy atom. The van der Waals surface area contributed by atoms with Crippen LogP contribution in [0.5, 0.6) is 0 Å². The largest absolute Gasteiger partial charge is 0.368 e. The van der Waals surface area contributed by atoms with Crippen LogP contribution in [0.4, 0.5) is 11.4 Å². The van der Waals surface area contributed by atoms with Gasteiger partial charge in [0.05, 0.1) is 5.69 Å². The highest BCUT2D eigenvalue weighted by Crippen LogP contribution is 2.18. The molecule has 3 aromatic rings. The molecule has 1 aliphatic rings. The molecule has 0 radical (unpaired) electrons. The molecule has 0 saturated carbocycles. The predicted octanol–water partition coefficient (Wildman–Crippen LogP) is 4.54. The Hall–Kier alpha value is -3.60. The molecule has 1 saturated heterocycles. The van der Waals surface area contributed by atoms with Gasteiger partial charge in [-0.05, 0) is 55.8 Å². The molecule has 1 N–H and O–H groups in total. The molecule has 0 aliphatic carbocycles. The first-order valence-electron chi connectivity index (χ1n) is 10.7. The summed E-state index contributed by atoms with van der Waals surface area (Å²) in [5, 5.41) is 3.06. The number of piperazine rings is 1. The van der Waals surface area contributed by atoms with Crippen molar-refractivity contribution in [1.82, 2.24) is 10.2 Å². The third kappa shape index (κ3) is 5.31. The Labute approximate surface area is 184 Å². The van der Waals surface area contributed by atoms with Crippen LogP contribution in [0.2, 0.25) is 0 Å². The van der Waals surface area contributed by atoms with Gasteiger partial charge in [0.25, 0.3) is 5.91 Å². The predicted molar refractivity (Wildman–Crippen MR) is 127 cm³/mol. The summed E-state index contributed by atoms with van der Waals surface area (Å²) in [6.45, 7) is 7.37. The first-order valence-corrected chi connectivity index (χ1v) is 10.7. The molecule has 4 rings (SSSR count). The number of carbonyl (C=O) groups excluding carboxylic acids is 1. The summed E-state index contributed by atoms with van der Waals surface area (Å²) in [4.78, 5) is 22.3. The maximum atomic E-state index is 12.9. The van der Waals surface area contributed by atoms with Gasteiger partial charge in [0.15, 0.2) is 0 Å². The van der Waals surface area contributed by atoms with Crippen molar-refractivity contribution in [2.45, 2.75) is 13.8 Å². The van der Waals surface area contributed by atoms with E-state index < -0.39 is 0 Å². The number of hydrogen-bond donors (Lipinski definition) is 1. The summed E-state index contributed by atoms with van der Waals surface area (Å²) in [6.07, 6.45) is 0. The molecular formula is C26H28N4O. The second-order valence-corrected chi connectivity index (χ2v) is 7.90. The monoisotopic (exact) mass is 412 g/mol. The van der Waals surface area contributed by atoms with E-state index in [2.05, 4.69) is 39.4 Å². The summed E-state index contributed by atoms with van der Waals surface area (Å²) in [5.74, 6) is 0.459. The van der Waals surface area contributed by atoms with Gasteiger partial charge < -0.3 is 9.80 Å². The van der Waals surface area contributed by atoms with Gasteiger partial charge in [0, 0.05) is 37.4 Å². The Kier molecular flexibility index (Phi) is 6.32. The Balaban J connectivity index is 1.54. The number of nitrogens with zero attached hydrogens (tertiary/aromatic N) is 3. The Bertz CT molecular complexity index is 1050. The molecule has 31 heavy (non-hydrogen) atoms. The minimum atomic E-state index is -0.142. The van der Waals surface area contributed by atoms with Gasteiger partial charge in [-0.25, -0.2) is 4.99 Å². The lowest BCUT2D eigenvalue weighted by atomic mass is 10.1. The zero-order valence-corrected chi connectivity index (χ0v) is 18.1. The Morgan fingerprint density at radius 1 is 0.806 bits per heavy atom. The molecule has 0 spiro atoms. The topological polar surface area (TPSA) is 47.9 Å². The minimum Gasteiger partial charge on any atom is -0.368 e. The number of rotatable bonds is 3. The lowest BCUT2D eigenvalue weighted by Crippen LogP contribution is -2.53. The normalized spacial score (nSPS) is 14.5. The van der Waals surface area contributed by atoms with Crippen molar-refractivity contribution in [3.8, 4) is 0 Å². The molecule has 0 unspecified atom stereocenters. The quantitative estimate of drug-likeness (QED) is 0.507. The number of anilines is 1. The van der Waals surface area contributed by atoms with Crippen molar-refractivity contribution in [3.05, 3.63) is 95.6 Å². The van der Waals surface area contributed by atoms with Crippen LogP contribution in [-0.2, 0) is 0 Å². The molecule has 1 fully saturated rings. The summed E-state index contributed by atoms with van der Waals surface area (Å²) in [7, 11) is 0. The van der Waals surface area contributed by atoms with Crippen molar-refractivity contribution in [3.63, 3.8) is 0 Å². The van der Waals surface area contributed by atoms with Crippen molar-refractivity contribution >= 4 is 23.2 Å². The molecule has 158 valence electrons. The Morgan fingerprint density at radius 3 is 2.19 bits per heavy atom. The summed E-state index contributed by atoms with van der Waals surface area (Å²) >= 11 is 0. The second kappa shape index (κ2) is 9.47. The van der Waals surface area contributed by atoms with Gasteiger partial charge in [-0.2, -0.15) is 0 Å². The van der Waals surface area contributed by atoms with Crippen LogP contribution in [0.25, 0.3) is 0 Å². The molecule has 5 heteroatoms. The zero-order chi connectivity index (χ0) is 21.6. The van der Waals surface area contributed by atoms with Gasteiger partial charge in [-0.3, -0.25) is 10.1 Å². The van der Waals surface area contributed by atoms with Crippen molar-refractivity contribution in [2.75, 3.05) is 31.1 Å². The fourth-order valence-corrected chi connectivity index (χ4v) is 3.69. The van der Waals surface area contributed by atoms with E-state index in [-0.39, 0.29) is 5.91 Å². The molecule has 0 aromatic heterocycles. The number of aryl methyl sites for hydroxylation is 2. The molecule has 0 bridgehead atoms. The minimum absolute atomic E-state index is 0.142. The number of amides is 1. The number of guanidine groups is 1. The van der Waals surface area contributed by atoms with Crippen LogP contribution >= 0.6 is 0 Å². The number of aliphatic imine (C=N–C) groups is 1. The third-order valence-electron chi connectivity index (χ3n) is 5.48. The smallest absolute Gasteiger partial charge is 0.257 e. The van der Waals surface area contributed by atoms with E-state index in [0.717, 1.165) is 43.0 Å². The van der Waals surface area contributed by atoms with E-state index >= 15 is 0 Å². The molecule has 5 nitrogen and oxygen atoms in total. The number of nitrogens with one attached hydrogen (secondary N) is 1. The number of para-hydroxylation sites is 1. The fraction of sp³-hybridized carbons (Fsp3) is 0.231. The highest BCUT2D eigenvalue weighted by atomic mass is 16.1. The fourth-order valence-electron chi connectivity index (χ4n) is 3.69. The zero-order valence-electron chi connectivity index (χ0n) is 18.1. The van der Waals surface area contributed by atoms with Crippen molar-refractivity contribution < 1.29 is 4.79 Å². The maximum Gasteiger partial charge on any atom is 0.257 e. The SMILES string of the molecule is Cc1ccc(C(=O)NC(=Nc2cccc(C)c2)N2CCN(c3ccccc3)CC2)cc1. The van der Waals surface area contributed by atoms with Crippen LogP contribution in [-0.4, -0.2) is 42.9 Å². The second-order valence-electron chi connectivity index (χ2n) is 7.90. The lowest BCUT2D eigenvalue weighted by Gasteiger charge is -2.37. The van der Waals surface area contributed by atoms with E-state index in [4.69, 9.17) is 4.99 Å². The van der Waals surface area contributed by atoms with Gasteiger partial charge >= 0.3 is 0 Å². The molecule has 1 amide bonds. The van der Waals surface area contributed by atoms with Gasteiger partial charge in [-0.15, -0.1) is 0 Å². The molecule has 1 heterocycles. The summed E-state index contributed by atoms with van der Waals surface area (Å²) in [6, 6.07) is 26.1. The van der Waals surface area contributed by atoms with Gasteiger partial charge in [0.2, 0.25) is 5.96 Å². The van der Waals surface area contributed by atoms with Crippen LogP contribution in [0.3, 0.4) is 0 Å². The first-order chi connectivity index (χ1) is 15.1. The van der Waals surface area contributed by atoms with Crippen LogP contribution in [0.15, 0.2) is 83.9 Å². The summed E-state index contributed by atoms with van der Waals surface area (Å²) < 4.78 is 0. The third-order valence-corrected chi connectivity index (χ3v) is 5.48. The van der Waals surface area contributed by atoms with E-state index in [0.29, 0.717) is 11.5 Å². The van der Waals surface area contributed by atoms with E-state index in [1.807, 2.05) is 68.4 Å².